The Kier molecular flexibility index (Phi) is 5.78. The molecule has 0 aliphatic carbocycles. The zero-order chi connectivity index (χ0) is 17.6. The molecule has 1 aliphatic heterocycles. The van der Waals surface area contributed by atoms with Gasteiger partial charge in [-0.1, -0.05) is 12.1 Å². The summed E-state index contributed by atoms with van der Waals surface area (Å²) in [5.74, 6) is -0.357. The molecule has 1 aliphatic rings. The van der Waals surface area contributed by atoms with Crippen molar-refractivity contribution in [2.45, 2.75) is 19.0 Å². The Bertz CT molecular complexity index is 669. The lowest BCUT2D eigenvalue weighted by Crippen LogP contribution is -2.44. The van der Waals surface area contributed by atoms with Gasteiger partial charge in [0.1, 0.15) is 11.9 Å². The molecule has 1 fully saturated rings. The minimum Gasteiger partial charge on any atom is -0.379 e. The summed E-state index contributed by atoms with van der Waals surface area (Å²) in [4.78, 5) is 14.7. The molecule has 1 amide bonds. The van der Waals surface area contributed by atoms with Crippen LogP contribution in [0.4, 0.5) is 4.39 Å². The SMILES string of the molecule is CC(C(=O)NCC(c1ccc(F)cc1)N1CCOCC1)n1cccn1. The highest BCUT2D eigenvalue weighted by molar-refractivity contribution is 5.79. The van der Waals surface area contributed by atoms with Gasteiger partial charge in [0.15, 0.2) is 0 Å². The van der Waals surface area contributed by atoms with Gasteiger partial charge in [0, 0.05) is 32.0 Å². The third-order valence-corrected chi connectivity index (χ3v) is 4.51. The van der Waals surface area contributed by atoms with Gasteiger partial charge in [-0.2, -0.15) is 5.10 Å². The van der Waals surface area contributed by atoms with Crippen molar-refractivity contribution in [2.75, 3.05) is 32.8 Å². The molecule has 2 atom stereocenters. The van der Waals surface area contributed by atoms with Crippen molar-refractivity contribution in [1.82, 2.24) is 20.0 Å². The highest BCUT2D eigenvalue weighted by atomic mass is 19.1. The molecule has 3 rings (SSSR count). The molecule has 1 aromatic heterocycles. The Morgan fingerprint density at radius 2 is 2.04 bits per heavy atom. The summed E-state index contributed by atoms with van der Waals surface area (Å²) in [7, 11) is 0. The molecule has 2 heterocycles. The van der Waals surface area contributed by atoms with Gasteiger partial charge in [0.05, 0.1) is 19.3 Å². The van der Waals surface area contributed by atoms with Crippen LogP contribution in [0, 0.1) is 5.82 Å². The van der Waals surface area contributed by atoms with Gasteiger partial charge >= 0.3 is 0 Å². The van der Waals surface area contributed by atoms with Crippen molar-refractivity contribution in [3.05, 3.63) is 54.1 Å². The van der Waals surface area contributed by atoms with Crippen molar-refractivity contribution >= 4 is 5.91 Å². The fraction of sp³-hybridized carbons (Fsp3) is 0.444. The number of hydrogen-bond donors (Lipinski definition) is 1. The third kappa shape index (κ3) is 4.43. The number of carbonyl (C=O) groups is 1. The summed E-state index contributed by atoms with van der Waals surface area (Å²) in [5.41, 5.74) is 0.982. The third-order valence-electron chi connectivity index (χ3n) is 4.51. The molecule has 0 spiro atoms. The number of carbonyl (C=O) groups excluding carboxylic acids is 1. The van der Waals surface area contributed by atoms with E-state index in [1.165, 1.54) is 12.1 Å². The predicted octanol–water partition coefficient (Wildman–Crippen LogP) is 1.77. The van der Waals surface area contributed by atoms with E-state index in [4.69, 9.17) is 4.74 Å². The van der Waals surface area contributed by atoms with Crippen LogP contribution >= 0.6 is 0 Å². The number of benzene rings is 1. The van der Waals surface area contributed by atoms with Gasteiger partial charge < -0.3 is 10.1 Å². The smallest absolute Gasteiger partial charge is 0.244 e. The van der Waals surface area contributed by atoms with Crippen LogP contribution < -0.4 is 5.32 Å². The molecule has 2 aromatic rings. The molecule has 134 valence electrons. The van der Waals surface area contributed by atoms with Crippen molar-refractivity contribution in [3.63, 3.8) is 0 Å². The van der Waals surface area contributed by atoms with Crippen molar-refractivity contribution in [3.8, 4) is 0 Å². The number of aromatic nitrogens is 2. The predicted molar refractivity (Wildman–Crippen MR) is 91.5 cm³/mol. The van der Waals surface area contributed by atoms with Crippen LogP contribution in [0.5, 0.6) is 0 Å². The van der Waals surface area contributed by atoms with Crippen molar-refractivity contribution in [2.24, 2.45) is 0 Å². The second-order valence-electron chi connectivity index (χ2n) is 6.12. The summed E-state index contributed by atoms with van der Waals surface area (Å²) in [5, 5.41) is 7.11. The topological polar surface area (TPSA) is 59.4 Å². The van der Waals surface area contributed by atoms with E-state index in [-0.39, 0.29) is 23.8 Å². The van der Waals surface area contributed by atoms with Gasteiger partial charge in [0.2, 0.25) is 5.91 Å². The summed E-state index contributed by atoms with van der Waals surface area (Å²) >= 11 is 0. The first-order chi connectivity index (χ1) is 12.1. The number of rotatable bonds is 6. The molecule has 25 heavy (non-hydrogen) atoms. The molecule has 2 unspecified atom stereocenters. The van der Waals surface area contributed by atoms with Gasteiger partial charge in [0.25, 0.3) is 0 Å². The average molecular weight is 346 g/mol. The standard InChI is InChI=1S/C18H23FN4O2/c1-14(23-8-2-7-21-23)18(24)20-13-17(22-9-11-25-12-10-22)15-3-5-16(19)6-4-15/h2-8,14,17H,9-13H2,1H3,(H,20,24). The average Bonchev–Trinajstić information content (AvgIpc) is 3.18. The van der Waals surface area contributed by atoms with Crippen LogP contribution in [0.15, 0.2) is 42.7 Å². The van der Waals surface area contributed by atoms with Gasteiger partial charge in [-0.25, -0.2) is 4.39 Å². The largest absolute Gasteiger partial charge is 0.379 e. The zero-order valence-corrected chi connectivity index (χ0v) is 14.3. The van der Waals surface area contributed by atoms with Gasteiger partial charge in [-0.05, 0) is 30.7 Å². The molecule has 7 heteroatoms. The lowest BCUT2D eigenvalue weighted by Gasteiger charge is -2.35. The summed E-state index contributed by atoms with van der Waals surface area (Å²) in [6, 6.07) is 7.86. The minimum absolute atomic E-state index is 0.0155. The second kappa shape index (κ2) is 8.22. The van der Waals surface area contributed by atoms with Crippen LogP contribution in [0.2, 0.25) is 0 Å². The van der Waals surface area contributed by atoms with E-state index in [9.17, 15) is 9.18 Å². The first kappa shape index (κ1) is 17.6. The molecule has 1 N–H and O–H groups in total. The van der Waals surface area contributed by atoms with Crippen LogP contribution in [-0.2, 0) is 9.53 Å². The van der Waals surface area contributed by atoms with E-state index < -0.39 is 0 Å². The molecular formula is C18H23FN4O2. The minimum atomic E-state index is -0.381. The number of nitrogens with zero attached hydrogens (tertiary/aromatic N) is 3. The fourth-order valence-corrected chi connectivity index (χ4v) is 3.01. The van der Waals surface area contributed by atoms with Crippen LogP contribution in [0.25, 0.3) is 0 Å². The molecule has 1 aromatic carbocycles. The molecule has 0 bridgehead atoms. The summed E-state index contributed by atoms with van der Waals surface area (Å²) < 4.78 is 20.3. The molecule has 0 saturated carbocycles. The fourth-order valence-electron chi connectivity index (χ4n) is 3.01. The number of morpholine rings is 1. The summed E-state index contributed by atoms with van der Waals surface area (Å²) in [6.45, 7) is 5.16. The molecule has 1 saturated heterocycles. The normalized spacial score (nSPS) is 17.8. The Morgan fingerprint density at radius 3 is 2.68 bits per heavy atom. The highest BCUT2D eigenvalue weighted by Crippen LogP contribution is 2.22. The van der Waals surface area contributed by atoms with E-state index in [1.807, 2.05) is 6.92 Å². The maximum Gasteiger partial charge on any atom is 0.244 e. The van der Waals surface area contributed by atoms with E-state index in [0.717, 1.165) is 18.7 Å². The van der Waals surface area contributed by atoms with Crippen molar-refractivity contribution < 1.29 is 13.9 Å². The monoisotopic (exact) mass is 346 g/mol. The number of halogens is 1. The first-order valence-electron chi connectivity index (χ1n) is 8.49. The Hall–Kier alpha value is -2.25. The van der Waals surface area contributed by atoms with E-state index >= 15 is 0 Å². The molecule has 6 nitrogen and oxygen atoms in total. The van der Waals surface area contributed by atoms with Crippen LogP contribution in [-0.4, -0.2) is 53.4 Å². The van der Waals surface area contributed by atoms with Crippen LogP contribution in [0.3, 0.4) is 0 Å². The Labute approximate surface area is 146 Å². The number of hydrogen-bond acceptors (Lipinski definition) is 4. The van der Waals surface area contributed by atoms with E-state index in [2.05, 4.69) is 15.3 Å². The van der Waals surface area contributed by atoms with Gasteiger partial charge in [-0.3, -0.25) is 14.4 Å². The zero-order valence-electron chi connectivity index (χ0n) is 14.3. The molecule has 0 radical (unpaired) electrons. The maximum absolute atomic E-state index is 13.3. The number of amides is 1. The highest BCUT2D eigenvalue weighted by Gasteiger charge is 2.24. The second-order valence-corrected chi connectivity index (χ2v) is 6.12. The number of ether oxygens (including phenoxy) is 1. The van der Waals surface area contributed by atoms with E-state index in [0.29, 0.717) is 19.8 Å². The van der Waals surface area contributed by atoms with Crippen LogP contribution in [0.1, 0.15) is 24.6 Å². The first-order valence-corrected chi connectivity index (χ1v) is 8.49. The quantitative estimate of drug-likeness (QED) is 0.866. The van der Waals surface area contributed by atoms with E-state index in [1.54, 1.807) is 35.3 Å². The maximum atomic E-state index is 13.3. The Balaban J connectivity index is 1.68. The number of nitrogens with one attached hydrogen (secondary N) is 1. The lowest BCUT2D eigenvalue weighted by molar-refractivity contribution is -0.124. The lowest BCUT2D eigenvalue weighted by atomic mass is 10.0. The van der Waals surface area contributed by atoms with Gasteiger partial charge in [-0.15, -0.1) is 0 Å². The summed E-state index contributed by atoms with van der Waals surface area (Å²) in [6.07, 6.45) is 3.42. The Morgan fingerprint density at radius 1 is 1.32 bits per heavy atom. The molecular weight excluding hydrogens is 323 g/mol. The van der Waals surface area contributed by atoms with Crippen molar-refractivity contribution in [1.29, 1.82) is 0 Å².